The van der Waals surface area contributed by atoms with E-state index in [0.29, 0.717) is 13.2 Å². The van der Waals surface area contributed by atoms with Crippen LogP contribution in [0.25, 0.3) is 0 Å². The number of hydrogen-bond donors (Lipinski definition) is 1. The predicted molar refractivity (Wildman–Crippen MR) is 86.4 cm³/mol. The maximum absolute atomic E-state index is 12.3. The van der Waals surface area contributed by atoms with E-state index in [-0.39, 0.29) is 5.97 Å². The van der Waals surface area contributed by atoms with Crippen molar-refractivity contribution in [3.05, 3.63) is 57.3 Å². The molecule has 112 valence electrons. The zero-order valence-electron chi connectivity index (χ0n) is 12.7. The predicted octanol–water partition coefficient (Wildman–Crippen LogP) is 3.76. The van der Waals surface area contributed by atoms with Gasteiger partial charge in [0.15, 0.2) is 0 Å². The third kappa shape index (κ3) is 3.93. The first-order valence-corrected chi connectivity index (χ1v) is 8.00. The van der Waals surface area contributed by atoms with Crippen LogP contribution in [-0.2, 0) is 16.1 Å². The zero-order chi connectivity index (χ0) is 15.2. The van der Waals surface area contributed by atoms with Gasteiger partial charge in [0, 0.05) is 11.4 Å². The molecule has 1 aromatic heterocycles. The van der Waals surface area contributed by atoms with E-state index in [1.54, 1.807) is 11.3 Å². The monoisotopic (exact) mass is 303 g/mol. The second kappa shape index (κ2) is 7.38. The normalized spacial score (nSPS) is 12.1. The van der Waals surface area contributed by atoms with Gasteiger partial charge in [-0.3, -0.25) is 5.32 Å². The molecule has 0 spiro atoms. The minimum atomic E-state index is -0.424. The van der Waals surface area contributed by atoms with Gasteiger partial charge < -0.3 is 4.74 Å². The van der Waals surface area contributed by atoms with E-state index in [1.165, 1.54) is 10.4 Å². The Morgan fingerprint density at radius 2 is 2.10 bits per heavy atom. The van der Waals surface area contributed by atoms with Gasteiger partial charge in [0.1, 0.15) is 6.04 Å². The van der Waals surface area contributed by atoms with Crippen LogP contribution in [0.3, 0.4) is 0 Å². The SMILES string of the molecule is CCOC(=O)C(NCc1cccs1)c1cccc(C)c1C. The van der Waals surface area contributed by atoms with E-state index in [0.717, 1.165) is 11.1 Å². The number of esters is 1. The van der Waals surface area contributed by atoms with Crippen LogP contribution in [0.5, 0.6) is 0 Å². The lowest BCUT2D eigenvalue weighted by atomic mass is 9.97. The first-order valence-electron chi connectivity index (χ1n) is 7.12. The topological polar surface area (TPSA) is 38.3 Å². The maximum Gasteiger partial charge on any atom is 0.327 e. The molecule has 0 aliphatic rings. The van der Waals surface area contributed by atoms with Crippen LogP contribution in [0.15, 0.2) is 35.7 Å². The standard InChI is InChI=1S/C17H21NO2S/c1-4-20-17(19)16(18-11-14-8-6-10-21-14)15-9-5-7-12(2)13(15)3/h5-10,16,18H,4,11H2,1-3H3. The summed E-state index contributed by atoms with van der Waals surface area (Å²) in [6, 6.07) is 9.68. The molecule has 2 aromatic rings. The maximum atomic E-state index is 12.3. The van der Waals surface area contributed by atoms with Gasteiger partial charge in [0.2, 0.25) is 0 Å². The van der Waals surface area contributed by atoms with E-state index in [2.05, 4.69) is 24.4 Å². The number of nitrogens with one attached hydrogen (secondary N) is 1. The van der Waals surface area contributed by atoms with Gasteiger partial charge in [0.25, 0.3) is 0 Å². The lowest BCUT2D eigenvalue weighted by molar-refractivity contribution is -0.145. The van der Waals surface area contributed by atoms with E-state index >= 15 is 0 Å². The molecule has 1 aromatic carbocycles. The highest BCUT2D eigenvalue weighted by Crippen LogP contribution is 2.22. The van der Waals surface area contributed by atoms with Crippen LogP contribution >= 0.6 is 11.3 Å². The van der Waals surface area contributed by atoms with Crippen molar-refractivity contribution in [3.8, 4) is 0 Å². The van der Waals surface area contributed by atoms with Gasteiger partial charge in [-0.1, -0.05) is 24.3 Å². The lowest BCUT2D eigenvalue weighted by Gasteiger charge is -2.20. The third-order valence-electron chi connectivity index (χ3n) is 3.54. The first kappa shape index (κ1) is 15.7. The third-order valence-corrected chi connectivity index (χ3v) is 4.42. The minimum absolute atomic E-state index is 0.220. The fraction of sp³-hybridized carbons (Fsp3) is 0.353. The van der Waals surface area contributed by atoms with Gasteiger partial charge in [-0.25, -0.2) is 4.79 Å². The van der Waals surface area contributed by atoms with Crippen LogP contribution in [0.2, 0.25) is 0 Å². The number of aryl methyl sites for hydroxylation is 1. The summed E-state index contributed by atoms with van der Waals surface area (Å²) in [6.45, 7) is 6.98. The van der Waals surface area contributed by atoms with Crippen molar-refractivity contribution in [1.29, 1.82) is 0 Å². The second-order valence-corrected chi connectivity index (χ2v) is 5.97. The number of thiophene rings is 1. The Morgan fingerprint density at radius 1 is 1.29 bits per heavy atom. The Kier molecular flexibility index (Phi) is 5.53. The minimum Gasteiger partial charge on any atom is -0.465 e. The molecule has 0 fully saturated rings. The first-order chi connectivity index (χ1) is 10.1. The Hall–Kier alpha value is -1.65. The van der Waals surface area contributed by atoms with Crippen molar-refractivity contribution < 1.29 is 9.53 Å². The van der Waals surface area contributed by atoms with E-state index in [4.69, 9.17) is 4.74 Å². The van der Waals surface area contributed by atoms with E-state index < -0.39 is 6.04 Å². The van der Waals surface area contributed by atoms with Crippen LogP contribution in [0.1, 0.15) is 34.5 Å². The summed E-state index contributed by atoms with van der Waals surface area (Å²) in [4.78, 5) is 13.5. The summed E-state index contributed by atoms with van der Waals surface area (Å²) in [6.07, 6.45) is 0. The summed E-state index contributed by atoms with van der Waals surface area (Å²) in [5.41, 5.74) is 3.30. The van der Waals surface area contributed by atoms with Gasteiger partial charge in [0.05, 0.1) is 6.61 Å². The molecule has 0 aliphatic carbocycles. The van der Waals surface area contributed by atoms with Crippen molar-refractivity contribution in [2.75, 3.05) is 6.61 Å². The van der Waals surface area contributed by atoms with E-state index in [1.807, 2.05) is 37.4 Å². The lowest BCUT2D eigenvalue weighted by Crippen LogP contribution is -2.30. The van der Waals surface area contributed by atoms with Crippen LogP contribution in [-0.4, -0.2) is 12.6 Å². The van der Waals surface area contributed by atoms with Crippen LogP contribution in [0, 0.1) is 13.8 Å². The summed E-state index contributed by atoms with van der Waals surface area (Å²) in [5.74, 6) is -0.220. The van der Waals surface area contributed by atoms with Crippen molar-refractivity contribution >= 4 is 17.3 Å². The smallest absolute Gasteiger partial charge is 0.327 e. The fourth-order valence-electron chi connectivity index (χ4n) is 2.25. The van der Waals surface area contributed by atoms with Gasteiger partial charge in [-0.15, -0.1) is 11.3 Å². The average Bonchev–Trinajstić information content (AvgIpc) is 2.97. The summed E-state index contributed by atoms with van der Waals surface area (Å²) in [5, 5.41) is 5.36. The Labute approximate surface area is 130 Å². The molecule has 21 heavy (non-hydrogen) atoms. The second-order valence-electron chi connectivity index (χ2n) is 4.93. The van der Waals surface area contributed by atoms with Crippen molar-refractivity contribution in [2.45, 2.75) is 33.4 Å². The van der Waals surface area contributed by atoms with Gasteiger partial charge >= 0.3 is 5.97 Å². The molecular formula is C17H21NO2S. The molecule has 4 heteroatoms. The molecule has 0 amide bonds. The fourth-order valence-corrected chi connectivity index (χ4v) is 2.90. The van der Waals surface area contributed by atoms with Gasteiger partial charge in [-0.2, -0.15) is 0 Å². The molecule has 1 unspecified atom stereocenters. The largest absolute Gasteiger partial charge is 0.465 e. The van der Waals surface area contributed by atoms with Crippen molar-refractivity contribution in [3.63, 3.8) is 0 Å². The molecule has 1 N–H and O–H groups in total. The zero-order valence-corrected chi connectivity index (χ0v) is 13.5. The number of carbonyl (C=O) groups excluding carboxylic acids is 1. The molecule has 0 saturated carbocycles. The molecular weight excluding hydrogens is 282 g/mol. The summed E-state index contributed by atoms with van der Waals surface area (Å²) < 4.78 is 5.23. The number of hydrogen-bond acceptors (Lipinski definition) is 4. The molecule has 1 atom stereocenters. The summed E-state index contributed by atoms with van der Waals surface area (Å²) >= 11 is 1.68. The highest BCUT2D eigenvalue weighted by atomic mass is 32.1. The Balaban J connectivity index is 2.22. The Morgan fingerprint density at radius 3 is 2.76 bits per heavy atom. The quantitative estimate of drug-likeness (QED) is 0.826. The molecule has 0 bridgehead atoms. The average molecular weight is 303 g/mol. The molecule has 2 rings (SSSR count). The van der Waals surface area contributed by atoms with Crippen LogP contribution in [0.4, 0.5) is 0 Å². The van der Waals surface area contributed by atoms with E-state index in [9.17, 15) is 4.79 Å². The number of carbonyl (C=O) groups is 1. The molecule has 0 aliphatic heterocycles. The highest BCUT2D eigenvalue weighted by Gasteiger charge is 2.23. The molecule has 0 radical (unpaired) electrons. The number of ether oxygens (including phenoxy) is 1. The number of benzene rings is 1. The van der Waals surface area contributed by atoms with Crippen molar-refractivity contribution in [2.24, 2.45) is 0 Å². The summed E-state index contributed by atoms with van der Waals surface area (Å²) in [7, 11) is 0. The molecule has 1 heterocycles. The van der Waals surface area contributed by atoms with Crippen LogP contribution < -0.4 is 5.32 Å². The molecule has 3 nitrogen and oxygen atoms in total. The Bertz CT molecular complexity index is 593. The highest BCUT2D eigenvalue weighted by molar-refractivity contribution is 7.09. The van der Waals surface area contributed by atoms with Crippen molar-refractivity contribution in [1.82, 2.24) is 5.32 Å². The molecule has 0 saturated heterocycles. The van der Waals surface area contributed by atoms with Gasteiger partial charge in [-0.05, 0) is 48.9 Å². The number of rotatable bonds is 6.